The van der Waals surface area contributed by atoms with Crippen LogP contribution in [0.5, 0.6) is 0 Å². The average Bonchev–Trinajstić information content (AvgIpc) is 3.49. The summed E-state index contributed by atoms with van der Waals surface area (Å²) in [6.07, 6.45) is 7.25. The number of halogens is 2. The maximum absolute atomic E-state index is 14.8. The first-order chi connectivity index (χ1) is 17.4. The third kappa shape index (κ3) is 3.87. The van der Waals surface area contributed by atoms with Gasteiger partial charge in [0.25, 0.3) is 0 Å². The molecule has 7 nitrogen and oxygen atoms in total. The Morgan fingerprint density at radius 1 is 1.08 bits per heavy atom. The molecule has 5 heterocycles. The second-order valence-electron chi connectivity index (χ2n) is 9.79. The van der Waals surface area contributed by atoms with E-state index >= 15 is 0 Å². The number of ether oxygens (including phenoxy) is 1. The Morgan fingerprint density at radius 3 is 2.78 bits per heavy atom. The van der Waals surface area contributed by atoms with Gasteiger partial charge in [-0.3, -0.25) is 4.98 Å². The summed E-state index contributed by atoms with van der Waals surface area (Å²) < 4.78 is 36.2. The Bertz CT molecular complexity index is 1410. The van der Waals surface area contributed by atoms with Crippen molar-refractivity contribution in [1.29, 1.82) is 0 Å². The van der Waals surface area contributed by atoms with Crippen LogP contribution < -0.4 is 9.80 Å². The molecule has 2 saturated heterocycles. The van der Waals surface area contributed by atoms with Gasteiger partial charge in [-0.05, 0) is 63.1 Å². The van der Waals surface area contributed by atoms with Gasteiger partial charge in [0.15, 0.2) is 5.65 Å². The quantitative estimate of drug-likeness (QED) is 0.409. The van der Waals surface area contributed by atoms with Gasteiger partial charge in [0.05, 0.1) is 47.6 Å². The summed E-state index contributed by atoms with van der Waals surface area (Å²) in [5.74, 6) is -0.148. The summed E-state index contributed by atoms with van der Waals surface area (Å²) in [7, 11) is 0. The molecule has 1 aromatic carbocycles. The van der Waals surface area contributed by atoms with Crippen LogP contribution in [0.2, 0.25) is 0 Å². The van der Waals surface area contributed by atoms with Crippen LogP contribution in [-0.2, 0) is 10.3 Å². The van der Waals surface area contributed by atoms with E-state index in [1.54, 1.807) is 10.7 Å². The first-order valence-electron chi connectivity index (χ1n) is 12.3. The van der Waals surface area contributed by atoms with E-state index in [0.29, 0.717) is 36.6 Å². The molecule has 2 aliphatic rings. The lowest BCUT2D eigenvalue weighted by atomic mass is 9.88. The second-order valence-corrected chi connectivity index (χ2v) is 9.79. The molecule has 0 bridgehead atoms. The van der Waals surface area contributed by atoms with Gasteiger partial charge in [0.1, 0.15) is 17.5 Å². The van der Waals surface area contributed by atoms with Crippen molar-refractivity contribution in [2.45, 2.75) is 38.3 Å². The second kappa shape index (κ2) is 8.81. The van der Waals surface area contributed by atoms with E-state index < -0.39 is 17.2 Å². The topological polar surface area (TPSA) is 58.8 Å². The highest BCUT2D eigenvalue weighted by molar-refractivity contribution is 5.76. The summed E-state index contributed by atoms with van der Waals surface area (Å²) >= 11 is 0. The molecule has 0 unspecified atom stereocenters. The van der Waals surface area contributed by atoms with E-state index in [1.807, 2.05) is 31.5 Å². The molecule has 0 N–H and O–H groups in total. The standard InChI is InChI=1S/C27H28F2N6O/c1-18-17-33(12-13-36-18)20-5-7-24(30-15-20)21-16-31-35-11-8-25(32-26(21)35)34-10-3-9-27(34,2)22-14-19(28)4-6-23(22)29/h4-8,11,14-16,18H,3,9-10,12-13,17H2,1-2H3/t18-,27+/m0/s1. The number of aromatic nitrogens is 4. The fourth-order valence-corrected chi connectivity index (χ4v) is 5.50. The van der Waals surface area contributed by atoms with Crippen molar-refractivity contribution in [3.63, 3.8) is 0 Å². The summed E-state index contributed by atoms with van der Waals surface area (Å²) in [5, 5.41) is 4.46. The van der Waals surface area contributed by atoms with Crippen molar-refractivity contribution >= 4 is 17.2 Å². The number of hydrogen-bond donors (Lipinski definition) is 0. The minimum Gasteiger partial charge on any atom is -0.375 e. The highest BCUT2D eigenvalue weighted by Crippen LogP contribution is 2.42. The number of rotatable bonds is 4. The van der Waals surface area contributed by atoms with Gasteiger partial charge in [-0.2, -0.15) is 5.10 Å². The molecule has 0 amide bonds. The summed E-state index contributed by atoms with van der Waals surface area (Å²) in [6.45, 7) is 7.11. The van der Waals surface area contributed by atoms with Crippen molar-refractivity contribution < 1.29 is 13.5 Å². The zero-order chi connectivity index (χ0) is 24.9. The van der Waals surface area contributed by atoms with Gasteiger partial charge in [-0.1, -0.05) is 0 Å². The molecule has 2 aliphatic heterocycles. The van der Waals surface area contributed by atoms with Crippen LogP contribution in [0.1, 0.15) is 32.3 Å². The predicted octanol–water partition coefficient (Wildman–Crippen LogP) is 4.81. The van der Waals surface area contributed by atoms with E-state index in [9.17, 15) is 8.78 Å². The lowest BCUT2D eigenvalue weighted by Gasteiger charge is -2.37. The largest absolute Gasteiger partial charge is 0.375 e. The molecular formula is C27H28F2N6O. The van der Waals surface area contributed by atoms with Crippen LogP contribution in [0.3, 0.4) is 0 Å². The van der Waals surface area contributed by atoms with Crippen molar-refractivity contribution in [2.75, 3.05) is 36.0 Å². The maximum Gasteiger partial charge on any atom is 0.166 e. The summed E-state index contributed by atoms with van der Waals surface area (Å²) in [6, 6.07) is 9.59. The molecule has 0 saturated carbocycles. The van der Waals surface area contributed by atoms with Gasteiger partial charge in [-0.25, -0.2) is 18.3 Å². The molecule has 186 valence electrons. The van der Waals surface area contributed by atoms with Crippen molar-refractivity contribution in [3.8, 4) is 11.3 Å². The van der Waals surface area contributed by atoms with E-state index in [4.69, 9.17) is 14.7 Å². The third-order valence-corrected chi connectivity index (χ3v) is 7.41. The first-order valence-corrected chi connectivity index (χ1v) is 12.3. The van der Waals surface area contributed by atoms with E-state index in [0.717, 1.165) is 42.5 Å². The molecule has 2 atom stereocenters. The van der Waals surface area contributed by atoms with Crippen molar-refractivity contribution in [1.82, 2.24) is 19.6 Å². The Kier molecular flexibility index (Phi) is 5.59. The van der Waals surface area contributed by atoms with Gasteiger partial charge in [0.2, 0.25) is 0 Å². The van der Waals surface area contributed by atoms with E-state index in [1.165, 1.54) is 12.1 Å². The lowest BCUT2D eigenvalue weighted by molar-refractivity contribution is 0.0532. The summed E-state index contributed by atoms with van der Waals surface area (Å²) in [5.41, 5.74) is 2.97. The molecule has 6 rings (SSSR count). The highest BCUT2D eigenvalue weighted by Gasteiger charge is 2.41. The number of pyridine rings is 1. The molecule has 9 heteroatoms. The van der Waals surface area contributed by atoms with E-state index in [-0.39, 0.29) is 6.10 Å². The molecule has 0 aliphatic carbocycles. The fourth-order valence-electron chi connectivity index (χ4n) is 5.50. The zero-order valence-corrected chi connectivity index (χ0v) is 20.4. The van der Waals surface area contributed by atoms with Crippen LogP contribution in [0.4, 0.5) is 20.3 Å². The van der Waals surface area contributed by atoms with Crippen molar-refractivity contribution in [3.05, 3.63) is 72.2 Å². The van der Waals surface area contributed by atoms with E-state index in [2.05, 4.69) is 27.9 Å². The van der Waals surface area contributed by atoms with Crippen molar-refractivity contribution in [2.24, 2.45) is 0 Å². The summed E-state index contributed by atoms with van der Waals surface area (Å²) in [4.78, 5) is 14.0. The number of anilines is 2. The van der Waals surface area contributed by atoms with Crippen LogP contribution in [-0.4, -0.2) is 51.9 Å². The zero-order valence-electron chi connectivity index (χ0n) is 20.4. The number of morpholine rings is 1. The number of fused-ring (bicyclic) bond motifs is 1. The number of benzene rings is 1. The molecular weight excluding hydrogens is 462 g/mol. The highest BCUT2D eigenvalue weighted by atomic mass is 19.1. The monoisotopic (exact) mass is 490 g/mol. The van der Waals surface area contributed by atoms with Crippen LogP contribution >= 0.6 is 0 Å². The van der Waals surface area contributed by atoms with Gasteiger partial charge < -0.3 is 14.5 Å². The molecule has 3 aromatic heterocycles. The van der Waals surface area contributed by atoms with Crippen LogP contribution in [0.15, 0.2) is 55.0 Å². The molecule has 36 heavy (non-hydrogen) atoms. The Hall–Kier alpha value is -3.59. The first kappa shape index (κ1) is 22.8. The SMILES string of the molecule is C[C@H]1CN(c2ccc(-c3cnn4ccc(N5CCC[C@]5(C)c5cc(F)ccc5F)nc34)nc2)CCO1. The average molecular weight is 491 g/mol. The Labute approximate surface area is 208 Å². The lowest BCUT2D eigenvalue weighted by Crippen LogP contribution is -2.41. The normalized spacial score (nSPS) is 22.5. The third-order valence-electron chi connectivity index (χ3n) is 7.41. The van der Waals surface area contributed by atoms with Gasteiger partial charge in [-0.15, -0.1) is 0 Å². The van der Waals surface area contributed by atoms with Gasteiger partial charge in [0, 0.05) is 31.4 Å². The Balaban J connectivity index is 1.34. The van der Waals surface area contributed by atoms with Crippen LogP contribution in [0, 0.1) is 11.6 Å². The smallest absolute Gasteiger partial charge is 0.166 e. The molecule has 0 spiro atoms. The molecule has 4 aromatic rings. The number of hydrogen-bond acceptors (Lipinski definition) is 6. The molecule has 2 fully saturated rings. The predicted molar refractivity (Wildman–Crippen MR) is 134 cm³/mol. The van der Waals surface area contributed by atoms with Crippen LogP contribution in [0.25, 0.3) is 16.9 Å². The number of nitrogens with zero attached hydrogens (tertiary/aromatic N) is 6. The maximum atomic E-state index is 14.8. The Morgan fingerprint density at radius 2 is 1.97 bits per heavy atom. The minimum atomic E-state index is -0.701. The molecule has 0 radical (unpaired) electrons. The van der Waals surface area contributed by atoms with Gasteiger partial charge >= 0.3 is 0 Å². The fraction of sp³-hybridized carbons (Fsp3) is 0.370. The minimum absolute atomic E-state index is 0.192.